The van der Waals surface area contributed by atoms with Gasteiger partial charge in [0.05, 0.1) is 11.3 Å². The molecule has 0 aliphatic carbocycles. The van der Waals surface area contributed by atoms with E-state index in [-0.39, 0.29) is 24.5 Å². The zero-order chi connectivity index (χ0) is 15.8. The first-order valence-electron chi connectivity index (χ1n) is 5.82. The second-order valence-corrected chi connectivity index (χ2v) is 7.50. The fourth-order valence-electron chi connectivity index (χ4n) is 2.11. The smallest absolute Gasteiger partial charge is 0.296 e. The highest BCUT2D eigenvalue weighted by molar-refractivity contribution is 8.13. The molecule has 1 saturated heterocycles. The van der Waals surface area contributed by atoms with Crippen molar-refractivity contribution in [2.24, 2.45) is 5.92 Å². The highest BCUT2D eigenvalue weighted by Crippen LogP contribution is 2.31. The number of anilines is 1. The SMILES string of the molecule is O=C1CC(CS(=O)(=O)Cl)CN1c1ccc(C(F)(F)F)cn1. The summed E-state index contributed by atoms with van der Waals surface area (Å²) in [6.45, 7) is 0.0587. The topological polar surface area (TPSA) is 67.3 Å². The van der Waals surface area contributed by atoms with Gasteiger partial charge in [0.25, 0.3) is 0 Å². The van der Waals surface area contributed by atoms with Gasteiger partial charge in [0.1, 0.15) is 5.82 Å². The molecular weight excluding hydrogens is 333 g/mol. The maximum absolute atomic E-state index is 12.4. The summed E-state index contributed by atoms with van der Waals surface area (Å²) in [5.74, 6) is -1.20. The van der Waals surface area contributed by atoms with Gasteiger partial charge in [0.2, 0.25) is 15.0 Å². The Morgan fingerprint density at radius 2 is 2.05 bits per heavy atom. The first kappa shape index (κ1) is 16.0. The molecule has 1 unspecified atom stereocenters. The van der Waals surface area contributed by atoms with Crippen LogP contribution in [0.4, 0.5) is 19.0 Å². The summed E-state index contributed by atoms with van der Waals surface area (Å²) in [6, 6.07) is 1.90. The zero-order valence-electron chi connectivity index (χ0n) is 10.5. The van der Waals surface area contributed by atoms with Crippen molar-refractivity contribution < 1.29 is 26.4 Å². The number of halogens is 4. The van der Waals surface area contributed by atoms with E-state index in [1.165, 1.54) is 0 Å². The van der Waals surface area contributed by atoms with Crippen molar-refractivity contribution in [1.29, 1.82) is 0 Å². The van der Waals surface area contributed by atoms with Crippen LogP contribution in [0.1, 0.15) is 12.0 Å². The molecule has 0 saturated carbocycles. The van der Waals surface area contributed by atoms with E-state index in [0.29, 0.717) is 6.20 Å². The lowest BCUT2D eigenvalue weighted by Gasteiger charge is -2.16. The second-order valence-electron chi connectivity index (χ2n) is 4.68. The third-order valence-corrected chi connectivity index (χ3v) is 4.24. The van der Waals surface area contributed by atoms with Crippen molar-refractivity contribution in [3.05, 3.63) is 23.9 Å². The summed E-state index contributed by atoms with van der Waals surface area (Å²) in [4.78, 5) is 16.5. The largest absolute Gasteiger partial charge is 0.417 e. The van der Waals surface area contributed by atoms with Crippen LogP contribution in [0.15, 0.2) is 18.3 Å². The molecule has 21 heavy (non-hydrogen) atoms. The Morgan fingerprint density at radius 1 is 1.38 bits per heavy atom. The second kappa shape index (κ2) is 5.45. The predicted molar refractivity (Wildman–Crippen MR) is 69.3 cm³/mol. The number of amides is 1. The summed E-state index contributed by atoms with van der Waals surface area (Å²) in [6.07, 6.45) is -3.90. The molecule has 0 spiro atoms. The van der Waals surface area contributed by atoms with Crippen LogP contribution in [0, 0.1) is 5.92 Å². The quantitative estimate of drug-likeness (QED) is 0.788. The van der Waals surface area contributed by atoms with Crippen molar-refractivity contribution in [1.82, 2.24) is 4.98 Å². The molecule has 2 heterocycles. The molecule has 0 N–H and O–H groups in total. The van der Waals surface area contributed by atoms with Gasteiger partial charge in [0.15, 0.2) is 0 Å². The van der Waals surface area contributed by atoms with Crippen molar-refractivity contribution in [2.75, 3.05) is 17.2 Å². The highest BCUT2D eigenvalue weighted by Gasteiger charge is 2.35. The van der Waals surface area contributed by atoms with Crippen LogP contribution in [-0.4, -0.2) is 31.6 Å². The molecule has 10 heteroatoms. The zero-order valence-corrected chi connectivity index (χ0v) is 12.0. The van der Waals surface area contributed by atoms with Crippen molar-refractivity contribution >= 4 is 31.5 Å². The maximum Gasteiger partial charge on any atom is 0.417 e. The van der Waals surface area contributed by atoms with Crippen LogP contribution in [-0.2, 0) is 20.0 Å². The normalized spacial score (nSPS) is 20.1. The number of hydrogen-bond acceptors (Lipinski definition) is 4. The number of nitrogens with zero attached hydrogens (tertiary/aromatic N) is 2. The van der Waals surface area contributed by atoms with E-state index in [2.05, 4.69) is 4.98 Å². The van der Waals surface area contributed by atoms with Crippen molar-refractivity contribution in [3.63, 3.8) is 0 Å². The summed E-state index contributed by atoms with van der Waals surface area (Å²) < 4.78 is 59.2. The molecular formula is C11H10ClF3N2O3S. The molecule has 116 valence electrons. The Balaban J connectivity index is 2.14. The van der Waals surface area contributed by atoms with Gasteiger partial charge in [-0.15, -0.1) is 0 Å². The standard InChI is InChI=1S/C11H10ClF3N2O3S/c12-21(19,20)6-7-3-10(18)17(5-7)9-2-1-8(4-16-9)11(13,14)15/h1-2,4,7H,3,5-6H2. The summed E-state index contributed by atoms with van der Waals surface area (Å²) in [5, 5.41) is 0. The third kappa shape index (κ3) is 4.07. The molecule has 5 nitrogen and oxygen atoms in total. The minimum absolute atomic E-state index is 0.0331. The number of carbonyl (C=O) groups excluding carboxylic acids is 1. The maximum atomic E-state index is 12.4. The molecule has 1 fully saturated rings. The van der Waals surface area contributed by atoms with E-state index < -0.39 is 32.6 Å². The van der Waals surface area contributed by atoms with E-state index in [1.54, 1.807) is 0 Å². The fourth-order valence-corrected chi connectivity index (χ4v) is 3.43. The van der Waals surface area contributed by atoms with Crippen LogP contribution in [0.3, 0.4) is 0 Å². The lowest BCUT2D eigenvalue weighted by atomic mass is 10.1. The number of pyridine rings is 1. The monoisotopic (exact) mass is 342 g/mol. The van der Waals surface area contributed by atoms with Gasteiger partial charge in [-0.05, 0) is 12.1 Å². The predicted octanol–water partition coefficient (Wildman–Crippen LogP) is 2.02. The molecule has 1 aromatic rings. The molecule has 0 bridgehead atoms. The van der Waals surface area contributed by atoms with E-state index in [0.717, 1.165) is 17.0 Å². The van der Waals surface area contributed by atoms with E-state index in [1.807, 2.05) is 0 Å². The number of aromatic nitrogens is 1. The van der Waals surface area contributed by atoms with Gasteiger partial charge in [0, 0.05) is 35.8 Å². The summed E-state index contributed by atoms with van der Waals surface area (Å²) in [7, 11) is 1.39. The first-order valence-corrected chi connectivity index (χ1v) is 8.30. The van der Waals surface area contributed by atoms with Crippen LogP contribution in [0.2, 0.25) is 0 Å². The summed E-state index contributed by atoms with van der Waals surface area (Å²) >= 11 is 0. The number of rotatable bonds is 3. The lowest BCUT2D eigenvalue weighted by Crippen LogP contribution is -2.26. The third-order valence-electron chi connectivity index (χ3n) is 2.99. The molecule has 0 aromatic carbocycles. The van der Waals surface area contributed by atoms with Crippen molar-refractivity contribution in [2.45, 2.75) is 12.6 Å². The van der Waals surface area contributed by atoms with Gasteiger partial charge in [-0.1, -0.05) is 0 Å². The van der Waals surface area contributed by atoms with Gasteiger partial charge < -0.3 is 0 Å². The Labute approximate surface area is 123 Å². The molecule has 1 amide bonds. The van der Waals surface area contributed by atoms with Crippen LogP contribution in [0.5, 0.6) is 0 Å². The van der Waals surface area contributed by atoms with Crippen LogP contribution >= 0.6 is 10.7 Å². The average Bonchev–Trinajstić information content (AvgIpc) is 2.66. The summed E-state index contributed by atoms with van der Waals surface area (Å²) in [5.41, 5.74) is -0.919. The molecule has 1 atom stereocenters. The molecule has 1 aromatic heterocycles. The van der Waals surface area contributed by atoms with Crippen molar-refractivity contribution in [3.8, 4) is 0 Å². The van der Waals surface area contributed by atoms with Gasteiger partial charge in [-0.2, -0.15) is 13.2 Å². The minimum Gasteiger partial charge on any atom is -0.296 e. The van der Waals surface area contributed by atoms with Crippen LogP contribution in [0.25, 0.3) is 0 Å². The Kier molecular flexibility index (Phi) is 4.16. The van der Waals surface area contributed by atoms with E-state index >= 15 is 0 Å². The van der Waals surface area contributed by atoms with Crippen LogP contribution < -0.4 is 4.90 Å². The lowest BCUT2D eigenvalue weighted by molar-refractivity contribution is -0.137. The van der Waals surface area contributed by atoms with Gasteiger partial charge in [-0.25, -0.2) is 13.4 Å². The molecule has 0 radical (unpaired) electrons. The first-order chi connectivity index (χ1) is 9.56. The molecule has 1 aliphatic heterocycles. The highest BCUT2D eigenvalue weighted by atomic mass is 35.7. The van der Waals surface area contributed by atoms with E-state index in [9.17, 15) is 26.4 Å². The fraction of sp³-hybridized carbons (Fsp3) is 0.455. The molecule has 2 rings (SSSR count). The Bertz CT molecular complexity index is 646. The Hall–Kier alpha value is -1.35. The molecule has 1 aliphatic rings. The number of carbonyl (C=O) groups is 1. The minimum atomic E-state index is -4.50. The van der Waals surface area contributed by atoms with E-state index in [4.69, 9.17) is 10.7 Å². The Morgan fingerprint density at radius 3 is 2.52 bits per heavy atom. The van der Waals surface area contributed by atoms with Gasteiger partial charge in [-0.3, -0.25) is 9.69 Å². The number of hydrogen-bond donors (Lipinski definition) is 0. The number of alkyl halides is 3. The van der Waals surface area contributed by atoms with Gasteiger partial charge >= 0.3 is 6.18 Å². The average molecular weight is 343 g/mol.